The van der Waals surface area contributed by atoms with Crippen molar-refractivity contribution in [3.05, 3.63) is 12.2 Å². The minimum Gasteiger partial charge on any atom is -0.481 e. The van der Waals surface area contributed by atoms with E-state index in [2.05, 4.69) is 19.1 Å². The Kier molecular flexibility index (Phi) is 21.8. The zero-order valence-electron chi connectivity index (χ0n) is 14.4. The SMILES string of the molecule is CCCCCCCC/C=C/CCCCCCCC(=O)O.[Li]. The summed E-state index contributed by atoms with van der Waals surface area (Å²) in [6.07, 6.45) is 21.2. The minimum absolute atomic E-state index is 0. The molecule has 0 saturated heterocycles. The van der Waals surface area contributed by atoms with E-state index >= 15 is 0 Å². The summed E-state index contributed by atoms with van der Waals surface area (Å²) in [6.45, 7) is 2.26. The van der Waals surface area contributed by atoms with E-state index in [0.29, 0.717) is 6.42 Å². The summed E-state index contributed by atoms with van der Waals surface area (Å²) in [5, 5.41) is 8.51. The van der Waals surface area contributed by atoms with Crippen LogP contribution in [0.15, 0.2) is 12.2 Å². The number of hydrogen-bond acceptors (Lipinski definition) is 1. The van der Waals surface area contributed by atoms with Crippen LogP contribution in [-0.4, -0.2) is 29.9 Å². The van der Waals surface area contributed by atoms with Gasteiger partial charge in [-0.3, -0.25) is 4.79 Å². The summed E-state index contributed by atoms with van der Waals surface area (Å²) in [5.41, 5.74) is 0. The summed E-state index contributed by atoms with van der Waals surface area (Å²) in [4.78, 5) is 10.3. The first-order chi connectivity index (χ1) is 9.77. The summed E-state index contributed by atoms with van der Waals surface area (Å²) in [7, 11) is 0. The Morgan fingerprint density at radius 3 is 1.67 bits per heavy atom. The topological polar surface area (TPSA) is 37.3 Å². The van der Waals surface area contributed by atoms with Crippen molar-refractivity contribution in [2.45, 2.75) is 96.8 Å². The minimum atomic E-state index is -0.664. The van der Waals surface area contributed by atoms with Crippen LogP contribution in [0.1, 0.15) is 96.8 Å². The zero-order valence-corrected chi connectivity index (χ0v) is 14.4. The summed E-state index contributed by atoms with van der Waals surface area (Å²) in [6, 6.07) is 0. The molecule has 0 aromatic rings. The number of aliphatic carboxylic acids is 1. The maximum absolute atomic E-state index is 10.3. The number of hydrogen-bond donors (Lipinski definition) is 1. The van der Waals surface area contributed by atoms with Gasteiger partial charge in [0.05, 0.1) is 0 Å². The van der Waals surface area contributed by atoms with Crippen molar-refractivity contribution < 1.29 is 9.90 Å². The molecule has 0 fully saturated rings. The van der Waals surface area contributed by atoms with E-state index in [1.54, 1.807) is 0 Å². The van der Waals surface area contributed by atoms with E-state index in [0.717, 1.165) is 12.8 Å². The number of rotatable bonds is 15. The second-order valence-electron chi connectivity index (χ2n) is 5.73. The van der Waals surface area contributed by atoms with E-state index in [4.69, 9.17) is 5.11 Å². The molecule has 0 bridgehead atoms. The van der Waals surface area contributed by atoms with Crippen LogP contribution in [0, 0.1) is 0 Å². The van der Waals surface area contributed by atoms with Crippen LogP contribution >= 0.6 is 0 Å². The third kappa shape index (κ3) is 22.2. The van der Waals surface area contributed by atoms with Gasteiger partial charge < -0.3 is 5.11 Å². The average molecular weight is 289 g/mol. The standard InChI is InChI=1S/C18H34O2.Li/c1-2-3-4-5-6-7-8-9-10-11-12-13-14-15-16-17-18(19)20;/h9-10H,2-8,11-17H2,1H3,(H,19,20);/b10-9+;. The van der Waals surface area contributed by atoms with Crippen LogP contribution < -0.4 is 0 Å². The largest absolute Gasteiger partial charge is 0.481 e. The Hall–Kier alpha value is -0.193. The molecular formula is C18H34LiO2. The molecule has 0 heterocycles. The van der Waals surface area contributed by atoms with Gasteiger partial charge in [0.2, 0.25) is 0 Å². The Bertz CT molecular complexity index is 239. The predicted octanol–water partition coefficient (Wildman–Crippen LogP) is 5.73. The van der Waals surface area contributed by atoms with Crippen LogP contribution in [0.25, 0.3) is 0 Å². The average Bonchev–Trinajstić information content (AvgIpc) is 2.43. The number of carbonyl (C=O) groups is 1. The first-order valence-corrected chi connectivity index (χ1v) is 8.64. The van der Waals surface area contributed by atoms with Crippen LogP contribution in [0.4, 0.5) is 0 Å². The van der Waals surface area contributed by atoms with Gasteiger partial charge in [-0.25, -0.2) is 0 Å². The summed E-state index contributed by atoms with van der Waals surface area (Å²) in [5.74, 6) is -0.664. The van der Waals surface area contributed by atoms with Gasteiger partial charge in [-0.1, -0.05) is 70.4 Å². The third-order valence-corrected chi connectivity index (χ3v) is 3.65. The van der Waals surface area contributed by atoms with E-state index in [1.807, 2.05) is 0 Å². The van der Waals surface area contributed by atoms with Gasteiger partial charge in [0.25, 0.3) is 0 Å². The van der Waals surface area contributed by atoms with E-state index in [1.165, 1.54) is 70.6 Å². The molecule has 2 nitrogen and oxygen atoms in total. The molecule has 0 aromatic heterocycles. The molecule has 3 heteroatoms. The first-order valence-electron chi connectivity index (χ1n) is 8.64. The van der Waals surface area contributed by atoms with Crippen molar-refractivity contribution in [2.75, 3.05) is 0 Å². The number of carboxylic acids is 1. The van der Waals surface area contributed by atoms with Crippen molar-refractivity contribution in [3.63, 3.8) is 0 Å². The molecule has 0 saturated carbocycles. The van der Waals surface area contributed by atoms with Crippen molar-refractivity contribution >= 4 is 24.8 Å². The molecule has 1 radical (unpaired) electrons. The second-order valence-corrected chi connectivity index (χ2v) is 5.73. The third-order valence-electron chi connectivity index (χ3n) is 3.65. The molecule has 119 valence electrons. The van der Waals surface area contributed by atoms with Crippen molar-refractivity contribution in [3.8, 4) is 0 Å². The molecule has 0 aliphatic heterocycles. The Morgan fingerprint density at radius 1 is 0.762 bits per heavy atom. The van der Waals surface area contributed by atoms with Gasteiger partial charge >= 0.3 is 5.97 Å². The molecular weight excluding hydrogens is 255 g/mol. The monoisotopic (exact) mass is 289 g/mol. The zero-order chi connectivity index (χ0) is 14.9. The molecule has 0 aliphatic carbocycles. The molecule has 0 aliphatic rings. The normalized spacial score (nSPS) is 10.7. The molecule has 0 atom stereocenters. The predicted molar refractivity (Wildman–Crippen MR) is 92.8 cm³/mol. The Labute approximate surface area is 144 Å². The molecule has 21 heavy (non-hydrogen) atoms. The molecule has 1 N–H and O–H groups in total. The van der Waals surface area contributed by atoms with Gasteiger partial charge in [0, 0.05) is 25.3 Å². The quantitative estimate of drug-likeness (QED) is 0.237. The van der Waals surface area contributed by atoms with Crippen molar-refractivity contribution in [2.24, 2.45) is 0 Å². The second kappa shape index (κ2) is 19.8. The van der Waals surface area contributed by atoms with Crippen molar-refractivity contribution in [1.29, 1.82) is 0 Å². The van der Waals surface area contributed by atoms with Gasteiger partial charge in [0.1, 0.15) is 0 Å². The van der Waals surface area contributed by atoms with Gasteiger partial charge in [0.15, 0.2) is 0 Å². The van der Waals surface area contributed by atoms with Gasteiger partial charge in [-0.15, -0.1) is 0 Å². The molecule has 0 aromatic carbocycles. The fourth-order valence-corrected chi connectivity index (χ4v) is 2.35. The van der Waals surface area contributed by atoms with E-state index in [9.17, 15) is 4.79 Å². The Morgan fingerprint density at radius 2 is 1.19 bits per heavy atom. The van der Waals surface area contributed by atoms with Crippen LogP contribution in [-0.2, 0) is 4.79 Å². The smallest absolute Gasteiger partial charge is 0.303 e. The molecule has 0 rings (SSSR count). The fraction of sp³-hybridized carbons (Fsp3) is 0.833. The Balaban J connectivity index is 0. The van der Waals surface area contributed by atoms with E-state index < -0.39 is 5.97 Å². The number of unbranched alkanes of at least 4 members (excludes halogenated alkanes) is 11. The van der Waals surface area contributed by atoms with Crippen LogP contribution in [0.3, 0.4) is 0 Å². The summed E-state index contributed by atoms with van der Waals surface area (Å²) >= 11 is 0. The maximum atomic E-state index is 10.3. The van der Waals surface area contributed by atoms with Crippen molar-refractivity contribution in [1.82, 2.24) is 0 Å². The van der Waals surface area contributed by atoms with Crippen LogP contribution in [0.5, 0.6) is 0 Å². The first kappa shape index (κ1) is 23.1. The van der Waals surface area contributed by atoms with Crippen LogP contribution in [0.2, 0.25) is 0 Å². The molecule has 0 spiro atoms. The van der Waals surface area contributed by atoms with Gasteiger partial charge in [-0.2, -0.15) is 0 Å². The maximum Gasteiger partial charge on any atom is 0.303 e. The molecule has 0 unspecified atom stereocenters. The van der Waals surface area contributed by atoms with Gasteiger partial charge in [-0.05, 0) is 32.1 Å². The van der Waals surface area contributed by atoms with E-state index in [-0.39, 0.29) is 18.9 Å². The summed E-state index contributed by atoms with van der Waals surface area (Å²) < 4.78 is 0. The molecule has 0 amide bonds. The number of carboxylic acid groups (broad SMARTS) is 1. The fourth-order valence-electron chi connectivity index (χ4n) is 2.35. The number of allylic oxidation sites excluding steroid dienone is 2.